The largest absolute Gasteiger partial charge is 0.497 e. The maximum Gasteiger partial charge on any atom is 0.253 e. The Balaban J connectivity index is 1.37. The molecule has 0 unspecified atom stereocenters. The molecule has 4 rings (SSSR count). The second-order valence-corrected chi connectivity index (χ2v) is 6.21. The first-order valence-electron chi connectivity index (χ1n) is 8.76. The van der Waals surface area contributed by atoms with Crippen LogP contribution in [-0.4, -0.2) is 64.1 Å². The third kappa shape index (κ3) is 3.59. The molecule has 1 aliphatic heterocycles. The Kier molecular flexibility index (Phi) is 4.69. The van der Waals surface area contributed by atoms with Gasteiger partial charge in [0, 0.05) is 44.1 Å². The van der Waals surface area contributed by atoms with Gasteiger partial charge in [0.1, 0.15) is 5.75 Å². The molecule has 0 radical (unpaired) electrons. The van der Waals surface area contributed by atoms with E-state index >= 15 is 0 Å². The average molecular weight is 364 g/mol. The summed E-state index contributed by atoms with van der Waals surface area (Å²) in [7, 11) is 1.61. The van der Waals surface area contributed by atoms with Crippen LogP contribution in [0.15, 0.2) is 54.9 Å². The van der Waals surface area contributed by atoms with Gasteiger partial charge in [-0.05, 0) is 42.5 Å². The number of methoxy groups -OCH3 is 1. The summed E-state index contributed by atoms with van der Waals surface area (Å²) in [6, 6.07) is 12.9. The lowest BCUT2D eigenvalue weighted by Crippen LogP contribution is -2.49. The van der Waals surface area contributed by atoms with Crippen LogP contribution in [0.2, 0.25) is 0 Å². The molecule has 1 aromatic carbocycles. The smallest absolute Gasteiger partial charge is 0.253 e. The van der Waals surface area contributed by atoms with Gasteiger partial charge in [0.05, 0.1) is 7.11 Å². The third-order valence-electron chi connectivity index (χ3n) is 4.60. The van der Waals surface area contributed by atoms with Crippen molar-refractivity contribution < 1.29 is 9.53 Å². The Labute approximate surface area is 157 Å². The number of aromatic nitrogens is 4. The predicted octanol–water partition coefficient (Wildman–Crippen LogP) is 1.63. The molecule has 0 bridgehead atoms. The molecule has 0 saturated carbocycles. The summed E-state index contributed by atoms with van der Waals surface area (Å²) < 4.78 is 6.81. The van der Waals surface area contributed by atoms with Gasteiger partial charge in [0.2, 0.25) is 0 Å². The molecule has 8 nitrogen and oxygen atoms in total. The number of ether oxygens (including phenoxy) is 1. The highest BCUT2D eigenvalue weighted by Gasteiger charge is 2.23. The van der Waals surface area contributed by atoms with Crippen LogP contribution in [0.5, 0.6) is 5.75 Å². The monoisotopic (exact) mass is 364 g/mol. The van der Waals surface area contributed by atoms with E-state index in [1.165, 1.54) is 0 Å². The number of carbonyl (C=O) groups is 1. The van der Waals surface area contributed by atoms with Crippen LogP contribution in [-0.2, 0) is 0 Å². The average Bonchev–Trinajstić information content (AvgIpc) is 3.28. The minimum absolute atomic E-state index is 0.0393. The van der Waals surface area contributed by atoms with Gasteiger partial charge in [-0.25, -0.2) is 4.68 Å². The first-order chi connectivity index (χ1) is 13.2. The van der Waals surface area contributed by atoms with Crippen molar-refractivity contribution in [1.82, 2.24) is 24.9 Å². The molecule has 0 spiro atoms. The Morgan fingerprint density at radius 1 is 0.963 bits per heavy atom. The topological polar surface area (TPSA) is 76.4 Å². The van der Waals surface area contributed by atoms with E-state index in [2.05, 4.69) is 20.2 Å². The summed E-state index contributed by atoms with van der Waals surface area (Å²) in [6.07, 6.45) is 3.53. The normalized spacial score (nSPS) is 14.3. The molecule has 1 saturated heterocycles. The second-order valence-electron chi connectivity index (χ2n) is 6.21. The molecule has 3 aromatic rings. The fourth-order valence-electron chi connectivity index (χ4n) is 3.07. The standard InChI is InChI=1S/C19H20N6O2/c1-27-16-5-3-15(4-6-16)19(26)24-13-11-23(12-14-24)17-7-8-18(22-21-17)25-10-2-9-20-25/h2-10H,11-14H2,1H3. The van der Waals surface area contributed by atoms with Crippen molar-refractivity contribution in [2.24, 2.45) is 0 Å². The zero-order valence-corrected chi connectivity index (χ0v) is 15.0. The van der Waals surface area contributed by atoms with Crippen LogP contribution in [0.25, 0.3) is 5.82 Å². The van der Waals surface area contributed by atoms with E-state index in [1.54, 1.807) is 42.3 Å². The summed E-state index contributed by atoms with van der Waals surface area (Å²) in [5.41, 5.74) is 0.674. The van der Waals surface area contributed by atoms with E-state index in [4.69, 9.17) is 4.74 Å². The number of rotatable bonds is 4. The Morgan fingerprint density at radius 3 is 2.26 bits per heavy atom. The molecule has 0 N–H and O–H groups in total. The summed E-state index contributed by atoms with van der Waals surface area (Å²) >= 11 is 0. The summed E-state index contributed by atoms with van der Waals surface area (Å²) in [5.74, 6) is 2.27. The van der Waals surface area contributed by atoms with E-state index in [9.17, 15) is 4.79 Å². The Bertz CT molecular complexity index is 885. The van der Waals surface area contributed by atoms with Gasteiger partial charge in [-0.1, -0.05) is 0 Å². The van der Waals surface area contributed by atoms with Crippen molar-refractivity contribution in [2.45, 2.75) is 0 Å². The molecule has 0 atom stereocenters. The van der Waals surface area contributed by atoms with Crippen molar-refractivity contribution in [3.8, 4) is 11.6 Å². The summed E-state index contributed by atoms with van der Waals surface area (Å²) in [4.78, 5) is 16.6. The highest BCUT2D eigenvalue weighted by molar-refractivity contribution is 5.94. The van der Waals surface area contributed by atoms with Crippen molar-refractivity contribution in [3.63, 3.8) is 0 Å². The first-order valence-corrected chi connectivity index (χ1v) is 8.76. The predicted molar refractivity (Wildman–Crippen MR) is 100 cm³/mol. The van der Waals surface area contributed by atoms with Crippen molar-refractivity contribution in [1.29, 1.82) is 0 Å². The summed E-state index contributed by atoms with van der Waals surface area (Å²) in [5, 5.41) is 12.7. The van der Waals surface area contributed by atoms with E-state index in [-0.39, 0.29) is 5.91 Å². The van der Waals surface area contributed by atoms with Crippen molar-refractivity contribution in [3.05, 3.63) is 60.4 Å². The number of hydrogen-bond acceptors (Lipinski definition) is 6. The van der Waals surface area contributed by atoms with Crippen LogP contribution in [0.4, 0.5) is 5.82 Å². The molecule has 0 aliphatic carbocycles. The maximum absolute atomic E-state index is 12.6. The first kappa shape index (κ1) is 17.0. The quantitative estimate of drug-likeness (QED) is 0.700. The molecule has 8 heteroatoms. The number of carbonyl (C=O) groups excluding carboxylic acids is 1. The minimum Gasteiger partial charge on any atom is -0.497 e. The van der Waals surface area contributed by atoms with E-state index in [0.717, 1.165) is 24.7 Å². The molecular formula is C19H20N6O2. The van der Waals surface area contributed by atoms with Gasteiger partial charge < -0.3 is 14.5 Å². The second kappa shape index (κ2) is 7.45. The molecule has 138 valence electrons. The third-order valence-corrected chi connectivity index (χ3v) is 4.60. The van der Waals surface area contributed by atoms with E-state index < -0.39 is 0 Å². The molecule has 1 fully saturated rings. The molecule has 1 amide bonds. The zero-order valence-electron chi connectivity index (χ0n) is 15.0. The van der Waals surface area contributed by atoms with Crippen LogP contribution >= 0.6 is 0 Å². The number of anilines is 1. The summed E-state index contributed by atoms with van der Waals surface area (Å²) in [6.45, 7) is 2.73. The number of piperazine rings is 1. The molecular weight excluding hydrogens is 344 g/mol. The number of benzene rings is 1. The van der Waals surface area contributed by atoms with E-state index in [0.29, 0.717) is 24.5 Å². The van der Waals surface area contributed by atoms with Crippen molar-refractivity contribution in [2.75, 3.05) is 38.2 Å². The molecule has 2 aromatic heterocycles. The number of amides is 1. The van der Waals surface area contributed by atoms with Gasteiger partial charge in [0.15, 0.2) is 11.6 Å². The highest BCUT2D eigenvalue weighted by Crippen LogP contribution is 2.17. The SMILES string of the molecule is COc1ccc(C(=O)N2CCN(c3ccc(-n4cccn4)nn3)CC2)cc1. The lowest BCUT2D eigenvalue weighted by molar-refractivity contribution is 0.0746. The van der Waals surface area contributed by atoms with Gasteiger partial charge in [-0.15, -0.1) is 10.2 Å². The lowest BCUT2D eigenvalue weighted by Gasteiger charge is -2.35. The maximum atomic E-state index is 12.6. The Hall–Kier alpha value is -3.42. The van der Waals surface area contributed by atoms with Crippen LogP contribution in [0.3, 0.4) is 0 Å². The minimum atomic E-state index is 0.0393. The van der Waals surface area contributed by atoms with Crippen LogP contribution < -0.4 is 9.64 Å². The Morgan fingerprint density at radius 2 is 1.67 bits per heavy atom. The van der Waals surface area contributed by atoms with Crippen LogP contribution in [0, 0.1) is 0 Å². The zero-order chi connectivity index (χ0) is 18.6. The highest BCUT2D eigenvalue weighted by atomic mass is 16.5. The number of hydrogen-bond donors (Lipinski definition) is 0. The van der Waals surface area contributed by atoms with E-state index in [1.807, 2.05) is 29.3 Å². The lowest BCUT2D eigenvalue weighted by atomic mass is 10.1. The number of nitrogens with zero attached hydrogens (tertiary/aromatic N) is 6. The fourth-order valence-corrected chi connectivity index (χ4v) is 3.07. The van der Waals surface area contributed by atoms with Gasteiger partial charge >= 0.3 is 0 Å². The van der Waals surface area contributed by atoms with Gasteiger partial charge in [-0.3, -0.25) is 4.79 Å². The van der Waals surface area contributed by atoms with Gasteiger partial charge in [0.25, 0.3) is 5.91 Å². The molecule has 3 heterocycles. The molecule has 27 heavy (non-hydrogen) atoms. The van der Waals surface area contributed by atoms with Gasteiger partial charge in [-0.2, -0.15) is 5.10 Å². The molecule has 1 aliphatic rings. The van der Waals surface area contributed by atoms with Crippen LogP contribution in [0.1, 0.15) is 10.4 Å². The fraction of sp³-hybridized carbons (Fsp3) is 0.263. The van der Waals surface area contributed by atoms with Crippen molar-refractivity contribution >= 4 is 11.7 Å².